The van der Waals surface area contributed by atoms with Crippen molar-refractivity contribution in [3.05, 3.63) is 52.3 Å². The highest BCUT2D eigenvalue weighted by Gasteiger charge is 2.31. The van der Waals surface area contributed by atoms with Crippen molar-refractivity contribution in [3.8, 4) is 5.75 Å². The standard InChI is InChI=1S/C22H27NO6S/c1-14-6-5-7-15(2)22(14)29-12-21(25)28-11-20(24)19-10-16(3)23(17(19)4)18-8-9-30(26,27)13-18/h5-7,10,18H,8-9,11-13H2,1-4H3. The summed E-state index contributed by atoms with van der Waals surface area (Å²) in [7, 11) is -3.03. The molecular weight excluding hydrogens is 406 g/mol. The van der Waals surface area contributed by atoms with E-state index in [9.17, 15) is 18.0 Å². The lowest BCUT2D eigenvalue weighted by molar-refractivity contribution is -0.144. The van der Waals surface area contributed by atoms with Gasteiger partial charge in [0.05, 0.1) is 11.5 Å². The molecule has 0 bridgehead atoms. The minimum absolute atomic E-state index is 0.0850. The van der Waals surface area contributed by atoms with Gasteiger partial charge in [0, 0.05) is 23.0 Å². The molecule has 0 radical (unpaired) electrons. The molecule has 1 saturated heterocycles. The summed E-state index contributed by atoms with van der Waals surface area (Å²) >= 11 is 0. The van der Waals surface area contributed by atoms with Crippen LogP contribution in [-0.2, 0) is 19.4 Å². The van der Waals surface area contributed by atoms with Crippen molar-refractivity contribution in [2.75, 3.05) is 24.7 Å². The fraction of sp³-hybridized carbons (Fsp3) is 0.455. The molecule has 162 valence electrons. The molecule has 8 heteroatoms. The van der Waals surface area contributed by atoms with Gasteiger partial charge in [-0.15, -0.1) is 0 Å². The van der Waals surface area contributed by atoms with Crippen LogP contribution in [0.25, 0.3) is 0 Å². The molecule has 1 fully saturated rings. The van der Waals surface area contributed by atoms with Gasteiger partial charge < -0.3 is 14.0 Å². The lowest BCUT2D eigenvalue weighted by atomic mass is 10.1. The molecule has 1 aromatic carbocycles. The van der Waals surface area contributed by atoms with Gasteiger partial charge >= 0.3 is 5.97 Å². The largest absolute Gasteiger partial charge is 0.481 e. The van der Waals surface area contributed by atoms with E-state index >= 15 is 0 Å². The fourth-order valence-corrected chi connectivity index (χ4v) is 5.72. The highest BCUT2D eigenvalue weighted by molar-refractivity contribution is 7.91. The maximum Gasteiger partial charge on any atom is 0.344 e. The van der Waals surface area contributed by atoms with Gasteiger partial charge in [0.2, 0.25) is 5.78 Å². The smallest absolute Gasteiger partial charge is 0.344 e. The van der Waals surface area contributed by atoms with Crippen LogP contribution in [0.5, 0.6) is 5.75 Å². The highest BCUT2D eigenvalue weighted by Crippen LogP contribution is 2.29. The quantitative estimate of drug-likeness (QED) is 0.493. The third kappa shape index (κ3) is 4.75. The molecule has 1 aliphatic heterocycles. The van der Waals surface area contributed by atoms with Crippen molar-refractivity contribution >= 4 is 21.6 Å². The molecule has 7 nitrogen and oxygen atoms in total. The van der Waals surface area contributed by atoms with E-state index in [4.69, 9.17) is 9.47 Å². The van der Waals surface area contributed by atoms with E-state index in [1.807, 2.05) is 43.5 Å². The Balaban J connectivity index is 1.60. The van der Waals surface area contributed by atoms with Crippen molar-refractivity contribution in [3.63, 3.8) is 0 Å². The average Bonchev–Trinajstić information content (AvgIpc) is 3.17. The summed E-state index contributed by atoms with van der Waals surface area (Å²) in [5.74, 6) is -0.0643. The van der Waals surface area contributed by atoms with Gasteiger partial charge in [-0.3, -0.25) is 4.79 Å². The number of ketones is 1. The predicted octanol–water partition coefficient (Wildman–Crippen LogP) is 2.89. The minimum atomic E-state index is -3.03. The Labute approximate surface area is 176 Å². The maximum atomic E-state index is 12.6. The Morgan fingerprint density at radius 2 is 1.77 bits per heavy atom. The van der Waals surface area contributed by atoms with E-state index in [-0.39, 0.29) is 36.5 Å². The second-order valence-electron chi connectivity index (χ2n) is 7.81. The first-order chi connectivity index (χ1) is 14.1. The predicted molar refractivity (Wildman–Crippen MR) is 113 cm³/mol. The Kier molecular flexibility index (Phi) is 6.36. The number of aryl methyl sites for hydroxylation is 3. The molecule has 1 atom stereocenters. The highest BCUT2D eigenvalue weighted by atomic mass is 32.2. The van der Waals surface area contributed by atoms with Crippen molar-refractivity contribution in [2.24, 2.45) is 0 Å². The molecule has 1 aromatic heterocycles. The molecule has 30 heavy (non-hydrogen) atoms. The number of carbonyl (C=O) groups is 2. The number of sulfone groups is 1. The average molecular weight is 434 g/mol. The normalized spacial score (nSPS) is 17.7. The molecule has 0 spiro atoms. The van der Waals surface area contributed by atoms with Crippen LogP contribution in [0.2, 0.25) is 0 Å². The number of hydrogen-bond donors (Lipinski definition) is 0. The third-order valence-electron chi connectivity index (χ3n) is 5.47. The summed E-state index contributed by atoms with van der Waals surface area (Å²) < 4.78 is 36.2. The van der Waals surface area contributed by atoms with Gasteiger partial charge in [-0.1, -0.05) is 18.2 Å². The number of nitrogens with zero attached hydrogens (tertiary/aromatic N) is 1. The molecule has 2 heterocycles. The van der Waals surface area contributed by atoms with Crippen LogP contribution in [0.3, 0.4) is 0 Å². The number of para-hydroxylation sites is 1. The number of aromatic nitrogens is 1. The lowest BCUT2D eigenvalue weighted by Gasteiger charge is -2.16. The number of esters is 1. The van der Waals surface area contributed by atoms with Gasteiger partial charge in [-0.25, -0.2) is 13.2 Å². The maximum absolute atomic E-state index is 12.6. The second-order valence-corrected chi connectivity index (χ2v) is 10.0. The summed E-state index contributed by atoms with van der Waals surface area (Å²) in [6, 6.07) is 7.26. The zero-order valence-corrected chi connectivity index (χ0v) is 18.5. The Morgan fingerprint density at radius 1 is 1.10 bits per heavy atom. The summed E-state index contributed by atoms with van der Waals surface area (Å²) in [4.78, 5) is 24.7. The fourth-order valence-electron chi connectivity index (χ4n) is 4.02. The van der Waals surface area contributed by atoms with E-state index in [1.54, 1.807) is 13.0 Å². The van der Waals surface area contributed by atoms with E-state index in [1.165, 1.54) is 0 Å². The zero-order chi connectivity index (χ0) is 22.1. The molecule has 1 aliphatic rings. The van der Waals surface area contributed by atoms with Crippen LogP contribution in [-0.4, -0.2) is 49.5 Å². The van der Waals surface area contributed by atoms with Crippen LogP contribution in [0.15, 0.2) is 24.3 Å². The molecule has 0 amide bonds. The molecule has 0 saturated carbocycles. The summed E-state index contributed by atoms with van der Waals surface area (Å²) in [6.07, 6.45) is 0.539. The number of ether oxygens (including phenoxy) is 2. The molecule has 0 aliphatic carbocycles. The molecule has 3 rings (SSSR count). The Morgan fingerprint density at radius 3 is 2.37 bits per heavy atom. The lowest BCUT2D eigenvalue weighted by Crippen LogP contribution is -2.20. The summed E-state index contributed by atoms with van der Waals surface area (Å²) in [6.45, 7) is 6.75. The van der Waals surface area contributed by atoms with Gasteiger partial charge in [-0.2, -0.15) is 0 Å². The molecule has 0 N–H and O–H groups in total. The first-order valence-electron chi connectivity index (χ1n) is 9.85. The van der Waals surface area contributed by atoms with Crippen LogP contribution in [0.4, 0.5) is 0 Å². The van der Waals surface area contributed by atoms with Crippen LogP contribution < -0.4 is 4.74 Å². The topological polar surface area (TPSA) is 91.7 Å². The molecular formula is C22H27NO6S. The summed E-state index contributed by atoms with van der Waals surface area (Å²) in [5.41, 5.74) is 3.80. The second kappa shape index (κ2) is 8.63. The molecule has 2 aromatic rings. The SMILES string of the molecule is Cc1cccc(C)c1OCC(=O)OCC(=O)c1cc(C)n(C2CCS(=O)(=O)C2)c1C. The van der Waals surface area contributed by atoms with Crippen molar-refractivity contribution in [1.82, 2.24) is 4.57 Å². The molecule has 1 unspecified atom stereocenters. The first kappa shape index (κ1) is 22.1. The first-order valence-corrected chi connectivity index (χ1v) is 11.7. The Bertz CT molecular complexity index is 1060. The van der Waals surface area contributed by atoms with Gasteiger partial charge in [0.25, 0.3) is 0 Å². The van der Waals surface area contributed by atoms with Gasteiger partial charge in [0.15, 0.2) is 23.1 Å². The number of Topliss-reactive ketones (excluding diaryl/α,β-unsaturated/α-hetero) is 1. The number of hydrogen-bond acceptors (Lipinski definition) is 6. The van der Waals surface area contributed by atoms with Crippen molar-refractivity contribution < 1.29 is 27.5 Å². The number of benzene rings is 1. The number of carbonyl (C=O) groups excluding carboxylic acids is 2. The van der Waals surface area contributed by atoms with Crippen LogP contribution in [0, 0.1) is 27.7 Å². The monoisotopic (exact) mass is 433 g/mol. The van der Waals surface area contributed by atoms with Crippen molar-refractivity contribution in [1.29, 1.82) is 0 Å². The van der Waals surface area contributed by atoms with E-state index < -0.39 is 15.8 Å². The Hall–Kier alpha value is -2.61. The van der Waals surface area contributed by atoms with E-state index in [0.29, 0.717) is 23.4 Å². The minimum Gasteiger partial charge on any atom is -0.481 e. The zero-order valence-electron chi connectivity index (χ0n) is 17.7. The van der Waals surface area contributed by atoms with E-state index in [0.717, 1.165) is 16.8 Å². The van der Waals surface area contributed by atoms with Gasteiger partial charge in [-0.05, 0) is 51.3 Å². The van der Waals surface area contributed by atoms with Crippen LogP contribution in [0.1, 0.15) is 45.3 Å². The summed E-state index contributed by atoms with van der Waals surface area (Å²) in [5, 5.41) is 0. The third-order valence-corrected chi connectivity index (χ3v) is 7.22. The van der Waals surface area contributed by atoms with Gasteiger partial charge in [0.1, 0.15) is 5.75 Å². The number of rotatable bonds is 7. The van der Waals surface area contributed by atoms with Crippen molar-refractivity contribution in [2.45, 2.75) is 40.2 Å². The van der Waals surface area contributed by atoms with Crippen LogP contribution >= 0.6 is 0 Å². The van der Waals surface area contributed by atoms with E-state index in [2.05, 4.69) is 0 Å².